The Labute approximate surface area is 120 Å². The van der Waals surface area contributed by atoms with Crippen LogP contribution >= 0.6 is 0 Å². The minimum absolute atomic E-state index is 0.0984. The van der Waals surface area contributed by atoms with Gasteiger partial charge in [-0.05, 0) is 12.5 Å². The van der Waals surface area contributed by atoms with E-state index in [4.69, 9.17) is 0 Å². The molecule has 2 rings (SSSR count). The predicted octanol–water partition coefficient (Wildman–Crippen LogP) is 3.78. The fraction of sp³-hybridized carbons (Fsp3) is 0.167. The molecule has 0 aliphatic carbocycles. The standard InChI is InChI=1S/C18H19NO/c1-2-3-14-19-17(15-10-6-4-7-11-15)18(20)16-12-8-5-9-13-16/h2-13,17,19H,14H2,1H3/b3-2+. The van der Waals surface area contributed by atoms with Crippen LogP contribution in [0.25, 0.3) is 0 Å². The molecule has 0 heterocycles. The zero-order valence-electron chi connectivity index (χ0n) is 11.6. The summed E-state index contributed by atoms with van der Waals surface area (Å²) in [6, 6.07) is 18.9. The van der Waals surface area contributed by atoms with Gasteiger partial charge in [-0.2, -0.15) is 0 Å². The maximum absolute atomic E-state index is 12.7. The molecule has 0 aliphatic heterocycles. The molecule has 0 saturated heterocycles. The summed E-state index contributed by atoms with van der Waals surface area (Å²) in [5.74, 6) is 0.0984. The van der Waals surface area contributed by atoms with Gasteiger partial charge >= 0.3 is 0 Å². The number of carbonyl (C=O) groups excluding carboxylic acids is 1. The molecule has 0 spiro atoms. The first-order valence-electron chi connectivity index (χ1n) is 6.81. The number of allylic oxidation sites excluding steroid dienone is 1. The fourth-order valence-electron chi connectivity index (χ4n) is 2.08. The molecule has 0 bridgehead atoms. The Morgan fingerprint density at radius 3 is 2.25 bits per heavy atom. The van der Waals surface area contributed by atoms with Crippen LogP contribution in [0.5, 0.6) is 0 Å². The smallest absolute Gasteiger partial charge is 0.184 e. The number of benzene rings is 2. The highest BCUT2D eigenvalue weighted by Crippen LogP contribution is 2.18. The molecule has 2 aromatic rings. The van der Waals surface area contributed by atoms with Gasteiger partial charge in [-0.3, -0.25) is 10.1 Å². The Morgan fingerprint density at radius 1 is 1.05 bits per heavy atom. The molecule has 2 nitrogen and oxygen atoms in total. The number of nitrogens with one attached hydrogen (secondary N) is 1. The summed E-state index contributed by atoms with van der Waals surface area (Å²) >= 11 is 0. The van der Waals surface area contributed by atoms with Gasteiger partial charge in [0.2, 0.25) is 0 Å². The second-order valence-electron chi connectivity index (χ2n) is 4.55. The van der Waals surface area contributed by atoms with Gasteiger partial charge in [0.15, 0.2) is 5.78 Å². The van der Waals surface area contributed by atoms with E-state index in [0.29, 0.717) is 6.54 Å². The number of hydrogen-bond acceptors (Lipinski definition) is 2. The van der Waals surface area contributed by atoms with Crippen LogP contribution in [0.2, 0.25) is 0 Å². The largest absolute Gasteiger partial charge is 0.300 e. The maximum Gasteiger partial charge on any atom is 0.184 e. The van der Waals surface area contributed by atoms with Crippen molar-refractivity contribution in [2.24, 2.45) is 0 Å². The zero-order chi connectivity index (χ0) is 14.2. The van der Waals surface area contributed by atoms with Gasteiger partial charge in [0, 0.05) is 12.1 Å². The molecule has 1 N–H and O–H groups in total. The van der Waals surface area contributed by atoms with Gasteiger partial charge in [-0.15, -0.1) is 0 Å². The second-order valence-corrected chi connectivity index (χ2v) is 4.55. The van der Waals surface area contributed by atoms with Gasteiger partial charge in [-0.1, -0.05) is 72.8 Å². The van der Waals surface area contributed by atoms with Crippen molar-refractivity contribution in [1.82, 2.24) is 5.32 Å². The van der Waals surface area contributed by atoms with E-state index in [1.807, 2.05) is 79.7 Å². The highest BCUT2D eigenvalue weighted by Gasteiger charge is 2.20. The minimum Gasteiger partial charge on any atom is -0.300 e. The molecule has 0 saturated carbocycles. The highest BCUT2D eigenvalue weighted by atomic mass is 16.1. The van der Waals surface area contributed by atoms with Crippen LogP contribution in [0.4, 0.5) is 0 Å². The first kappa shape index (κ1) is 14.2. The molecule has 1 atom stereocenters. The van der Waals surface area contributed by atoms with Gasteiger partial charge in [0.05, 0.1) is 6.04 Å². The summed E-state index contributed by atoms with van der Waals surface area (Å²) in [7, 11) is 0. The monoisotopic (exact) mass is 265 g/mol. The van der Waals surface area contributed by atoms with Crippen LogP contribution in [0.1, 0.15) is 28.9 Å². The Morgan fingerprint density at radius 2 is 1.65 bits per heavy atom. The normalized spacial score (nSPS) is 12.4. The molecule has 0 radical (unpaired) electrons. The molecule has 2 heteroatoms. The van der Waals surface area contributed by atoms with Crippen molar-refractivity contribution < 1.29 is 4.79 Å². The Kier molecular flexibility index (Phi) is 5.27. The Bertz CT molecular complexity index is 560. The van der Waals surface area contributed by atoms with E-state index in [1.54, 1.807) is 0 Å². The first-order valence-corrected chi connectivity index (χ1v) is 6.81. The first-order chi connectivity index (χ1) is 9.83. The van der Waals surface area contributed by atoms with Crippen molar-refractivity contribution in [2.75, 3.05) is 6.54 Å². The molecule has 0 amide bonds. The van der Waals surface area contributed by atoms with Crippen molar-refractivity contribution in [2.45, 2.75) is 13.0 Å². The molecule has 0 aromatic heterocycles. The van der Waals surface area contributed by atoms with Crippen LogP contribution in [0, 0.1) is 0 Å². The number of rotatable bonds is 6. The summed E-state index contributed by atoms with van der Waals surface area (Å²) in [6.07, 6.45) is 3.98. The second kappa shape index (κ2) is 7.41. The van der Waals surface area contributed by atoms with Crippen molar-refractivity contribution in [3.63, 3.8) is 0 Å². The lowest BCUT2D eigenvalue weighted by Crippen LogP contribution is -2.29. The Hall–Kier alpha value is -2.19. The highest BCUT2D eigenvalue weighted by molar-refractivity contribution is 6.00. The van der Waals surface area contributed by atoms with E-state index in [9.17, 15) is 4.79 Å². The topological polar surface area (TPSA) is 29.1 Å². The average Bonchev–Trinajstić information content (AvgIpc) is 2.53. The third-order valence-electron chi connectivity index (χ3n) is 3.13. The molecule has 0 fully saturated rings. The van der Waals surface area contributed by atoms with E-state index < -0.39 is 0 Å². The lowest BCUT2D eigenvalue weighted by Gasteiger charge is -2.17. The number of carbonyl (C=O) groups is 1. The zero-order valence-corrected chi connectivity index (χ0v) is 11.6. The van der Waals surface area contributed by atoms with E-state index in [0.717, 1.165) is 11.1 Å². The van der Waals surface area contributed by atoms with Crippen LogP contribution in [0.3, 0.4) is 0 Å². The fourth-order valence-corrected chi connectivity index (χ4v) is 2.08. The van der Waals surface area contributed by atoms with Crippen molar-refractivity contribution in [3.05, 3.63) is 83.9 Å². The third kappa shape index (κ3) is 3.65. The van der Waals surface area contributed by atoms with E-state index in [-0.39, 0.29) is 11.8 Å². The van der Waals surface area contributed by atoms with Crippen LogP contribution in [0.15, 0.2) is 72.8 Å². The van der Waals surface area contributed by atoms with Crippen molar-refractivity contribution >= 4 is 5.78 Å². The Balaban J connectivity index is 2.24. The van der Waals surface area contributed by atoms with E-state index >= 15 is 0 Å². The van der Waals surface area contributed by atoms with Gasteiger partial charge in [-0.25, -0.2) is 0 Å². The van der Waals surface area contributed by atoms with Gasteiger partial charge < -0.3 is 0 Å². The van der Waals surface area contributed by atoms with Gasteiger partial charge in [0.1, 0.15) is 0 Å². The molecular weight excluding hydrogens is 246 g/mol. The molecule has 20 heavy (non-hydrogen) atoms. The molecule has 2 aromatic carbocycles. The number of ketones is 1. The lowest BCUT2D eigenvalue weighted by atomic mass is 9.97. The summed E-state index contributed by atoms with van der Waals surface area (Å²) in [5.41, 5.74) is 1.72. The van der Waals surface area contributed by atoms with Crippen molar-refractivity contribution in [1.29, 1.82) is 0 Å². The minimum atomic E-state index is -0.310. The molecular formula is C18H19NO. The number of hydrogen-bond donors (Lipinski definition) is 1. The number of Topliss-reactive ketones (excluding diaryl/α,β-unsaturated/α-hetero) is 1. The third-order valence-corrected chi connectivity index (χ3v) is 3.13. The summed E-state index contributed by atoms with van der Waals surface area (Å²) in [6.45, 7) is 2.65. The maximum atomic E-state index is 12.7. The van der Waals surface area contributed by atoms with Crippen molar-refractivity contribution in [3.8, 4) is 0 Å². The SMILES string of the molecule is C/C=C/CNC(C(=O)c1ccccc1)c1ccccc1. The van der Waals surface area contributed by atoms with E-state index in [2.05, 4.69) is 5.32 Å². The average molecular weight is 265 g/mol. The summed E-state index contributed by atoms with van der Waals surface area (Å²) in [5, 5.41) is 3.30. The molecule has 0 aliphatic rings. The predicted molar refractivity (Wildman–Crippen MR) is 82.8 cm³/mol. The summed E-state index contributed by atoms with van der Waals surface area (Å²) in [4.78, 5) is 12.7. The molecule has 102 valence electrons. The van der Waals surface area contributed by atoms with Crippen LogP contribution in [-0.2, 0) is 0 Å². The van der Waals surface area contributed by atoms with Crippen LogP contribution in [-0.4, -0.2) is 12.3 Å². The van der Waals surface area contributed by atoms with Crippen LogP contribution < -0.4 is 5.32 Å². The molecule has 1 unspecified atom stereocenters. The summed E-state index contributed by atoms with van der Waals surface area (Å²) < 4.78 is 0. The van der Waals surface area contributed by atoms with E-state index in [1.165, 1.54) is 0 Å². The quantitative estimate of drug-likeness (QED) is 0.636. The van der Waals surface area contributed by atoms with Gasteiger partial charge in [0.25, 0.3) is 0 Å². The lowest BCUT2D eigenvalue weighted by molar-refractivity contribution is 0.0945.